The molecule has 3 rings (SSSR count). The van der Waals surface area contributed by atoms with Gasteiger partial charge in [-0.15, -0.1) is 0 Å². The van der Waals surface area contributed by atoms with Crippen LogP contribution in [0.25, 0.3) is 0 Å². The van der Waals surface area contributed by atoms with Crippen molar-refractivity contribution in [3.05, 3.63) is 71.8 Å². The molecule has 1 heterocycles. The standard InChI is InChI=1S/C18H19NO2/c20-16-12-7-13-19(16)17(14-8-3-1-4-9-14)18(21)15-10-5-2-6-11-15/h1-6,8-11,17-18,21H,7,12-13H2/t17-,18+/m0/s1. The summed E-state index contributed by atoms with van der Waals surface area (Å²) in [5.74, 6) is 0.124. The maximum Gasteiger partial charge on any atom is 0.223 e. The largest absolute Gasteiger partial charge is 0.386 e. The molecule has 1 aliphatic heterocycles. The number of carbonyl (C=O) groups is 1. The summed E-state index contributed by atoms with van der Waals surface area (Å²) in [7, 11) is 0. The molecule has 0 aliphatic carbocycles. The number of amides is 1. The van der Waals surface area contributed by atoms with E-state index in [1.807, 2.05) is 65.6 Å². The van der Waals surface area contributed by atoms with Crippen LogP contribution in [0.2, 0.25) is 0 Å². The van der Waals surface area contributed by atoms with Gasteiger partial charge in [0.2, 0.25) is 5.91 Å². The molecule has 2 aromatic carbocycles. The molecular weight excluding hydrogens is 262 g/mol. The van der Waals surface area contributed by atoms with Crippen molar-refractivity contribution in [2.24, 2.45) is 0 Å². The molecule has 21 heavy (non-hydrogen) atoms. The molecule has 1 amide bonds. The van der Waals surface area contributed by atoms with Gasteiger partial charge < -0.3 is 10.0 Å². The predicted molar refractivity (Wildman–Crippen MR) is 81.5 cm³/mol. The van der Waals surface area contributed by atoms with Crippen LogP contribution in [0.5, 0.6) is 0 Å². The van der Waals surface area contributed by atoms with Crippen LogP contribution in [0.4, 0.5) is 0 Å². The van der Waals surface area contributed by atoms with Crippen LogP contribution in [0.1, 0.15) is 36.1 Å². The van der Waals surface area contributed by atoms with Crippen molar-refractivity contribution in [3.63, 3.8) is 0 Å². The lowest BCUT2D eigenvalue weighted by Gasteiger charge is -2.32. The Hall–Kier alpha value is -2.13. The summed E-state index contributed by atoms with van der Waals surface area (Å²) >= 11 is 0. The van der Waals surface area contributed by atoms with Crippen molar-refractivity contribution in [2.75, 3.05) is 6.54 Å². The molecule has 108 valence electrons. The minimum Gasteiger partial charge on any atom is -0.386 e. The highest BCUT2D eigenvalue weighted by molar-refractivity contribution is 5.78. The number of rotatable bonds is 4. The SMILES string of the molecule is O=C1CCCN1[C@@H](c1ccccc1)[C@H](O)c1ccccc1. The summed E-state index contributed by atoms with van der Waals surface area (Å²) < 4.78 is 0. The number of nitrogens with zero attached hydrogens (tertiary/aromatic N) is 1. The minimum atomic E-state index is -0.712. The molecule has 3 heteroatoms. The molecule has 0 bridgehead atoms. The summed E-state index contributed by atoms with van der Waals surface area (Å²) in [4.78, 5) is 14.0. The second kappa shape index (κ2) is 6.10. The Labute approximate surface area is 124 Å². The first-order valence-electron chi connectivity index (χ1n) is 7.35. The maximum absolute atomic E-state index is 12.1. The van der Waals surface area contributed by atoms with Crippen LogP contribution < -0.4 is 0 Å². The molecule has 0 spiro atoms. The smallest absolute Gasteiger partial charge is 0.223 e. The molecule has 0 radical (unpaired) electrons. The number of aliphatic hydroxyl groups excluding tert-OH is 1. The van der Waals surface area contributed by atoms with Gasteiger partial charge >= 0.3 is 0 Å². The number of likely N-dealkylation sites (tertiary alicyclic amines) is 1. The van der Waals surface area contributed by atoms with Gasteiger partial charge in [0.05, 0.1) is 6.04 Å². The molecule has 2 atom stereocenters. The van der Waals surface area contributed by atoms with Crippen LogP contribution in [0.3, 0.4) is 0 Å². The van der Waals surface area contributed by atoms with Crippen molar-refractivity contribution in [1.29, 1.82) is 0 Å². The highest BCUT2D eigenvalue weighted by atomic mass is 16.3. The van der Waals surface area contributed by atoms with Crippen molar-refractivity contribution in [1.82, 2.24) is 4.90 Å². The van der Waals surface area contributed by atoms with Crippen LogP contribution in [-0.4, -0.2) is 22.5 Å². The van der Waals surface area contributed by atoms with E-state index in [2.05, 4.69) is 0 Å². The summed E-state index contributed by atoms with van der Waals surface area (Å²) in [5.41, 5.74) is 1.81. The molecule has 2 aromatic rings. The molecule has 0 unspecified atom stereocenters. The molecular formula is C18H19NO2. The maximum atomic E-state index is 12.1. The van der Waals surface area contributed by atoms with E-state index in [0.717, 1.165) is 17.5 Å². The number of hydrogen-bond donors (Lipinski definition) is 1. The Bertz CT molecular complexity index is 597. The zero-order chi connectivity index (χ0) is 14.7. The monoisotopic (exact) mass is 281 g/mol. The summed E-state index contributed by atoms with van der Waals surface area (Å²) in [6.07, 6.45) is 0.727. The lowest BCUT2D eigenvalue weighted by Crippen LogP contribution is -2.33. The van der Waals surface area contributed by atoms with E-state index >= 15 is 0 Å². The summed E-state index contributed by atoms with van der Waals surface area (Å²) in [6, 6.07) is 19.0. The molecule has 1 fully saturated rings. The van der Waals surface area contributed by atoms with Crippen molar-refractivity contribution >= 4 is 5.91 Å². The molecule has 3 nitrogen and oxygen atoms in total. The number of carbonyl (C=O) groups excluding carboxylic acids is 1. The first-order valence-corrected chi connectivity index (χ1v) is 7.35. The van der Waals surface area contributed by atoms with Crippen LogP contribution >= 0.6 is 0 Å². The Balaban J connectivity index is 1.98. The second-order valence-corrected chi connectivity index (χ2v) is 5.40. The summed E-state index contributed by atoms with van der Waals surface area (Å²) in [6.45, 7) is 0.711. The second-order valence-electron chi connectivity index (χ2n) is 5.40. The zero-order valence-electron chi connectivity index (χ0n) is 11.9. The first kappa shape index (κ1) is 13.8. The van der Waals surface area contributed by atoms with Crippen LogP contribution in [0, 0.1) is 0 Å². The van der Waals surface area contributed by atoms with Crippen LogP contribution in [0.15, 0.2) is 60.7 Å². The first-order chi connectivity index (χ1) is 10.3. The number of hydrogen-bond acceptors (Lipinski definition) is 2. The van der Waals surface area contributed by atoms with Gasteiger partial charge in [-0.25, -0.2) is 0 Å². The van der Waals surface area contributed by atoms with E-state index in [9.17, 15) is 9.90 Å². The van der Waals surface area contributed by atoms with Crippen molar-refractivity contribution in [2.45, 2.75) is 25.0 Å². The average Bonchev–Trinajstić information content (AvgIpc) is 2.95. The third kappa shape index (κ3) is 2.83. The molecule has 0 aromatic heterocycles. The van der Waals surface area contributed by atoms with Gasteiger partial charge in [-0.05, 0) is 17.5 Å². The molecule has 0 saturated carbocycles. The Kier molecular flexibility index (Phi) is 4.02. The fourth-order valence-corrected chi connectivity index (χ4v) is 2.98. The van der Waals surface area contributed by atoms with Gasteiger partial charge in [0, 0.05) is 13.0 Å². The quantitative estimate of drug-likeness (QED) is 0.935. The zero-order valence-corrected chi connectivity index (χ0v) is 11.9. The van der Waals surface area contributed by atoms with Gasteiger partial charge in [0.15, 0.2) is 0 Å². The Morgan fingerprint density at radius 3 is 2.00 bits per heavy atom. The van der Waals surface area contributed by atoms with E-state index in [1.54, 1.807) is 0 Å². The van der Waals surface area contributed by atoms with E-state index in [-0.39, 0.29) is 11.9 Å². The highest BCUT2D eigenvalue weighted by Crippen LogP contribution is 2.36. The molecule has 1 N–H and O–H groups in total. The average molecular weight is 281 g/mol. The van der Waals surface area contributed by atoms with E-state index < -0.39 is 6.10 Å². The van der Waals surface area contributed by atoms with Gasteiger partial charge in [0.25, 0.3) is 0 Å². The number of aliphatic hydroxyl groups is 1. The highest BCUT2D eigenvalue weighted by Gasteiger charge is 2.34. The third-order valence-corrected chi connectivity index (χ3v) is 4.03. The number of benzene rings is 2. The Morgan fingerprint density at radius 2 is 1.48 bits per heavy atom. The fraction of sp³-hybridized carbons (Fsp3) is 0.278. The predicted octanol–water partition coefficient (Wildman–Crippen LogP) is 3.08. The van der Waals surface area contributed by atoms with E-state index in [1.165, 1.54) is 0 Å². The van der Waals surface area contributed by atoms with E-state index in [4.69, 9.17) is 0 Å². The lowest BCUT2D eigenvalue weighted by molar-refractivity contribution is -0.132. The van der Waals surface area contributed by atoms with Crippen molar-refractivity contribution < 1.29 is 9.90 Å². The topological polar surface area (TPSA) is 40.5 Å². The minimum absolute atomic E-state index is 0.124. The Morgan fingerprint density at radius 1 is 0.905 bits per heavy atom. The van der Waals surface area contributed by atoms with Gasteiger partial charge in [-0.1, -0.05) is 60.7 Å². The fourth-order valence-electron chi connectivity index (χ4n) is 2.98. The lowest BCUT2D eigenvalue weighted by atomic mass is 9.94. The van der Waals surface area contributed by atoms with Gasteiger partial charge in [-0.2, -0.15) is 0 Å². The summed E-state index contributed by atoms with van der Waals surface area (Å²) in [5, 5.41) is 10.8. The van der Waals surface area contributed by atoms with Gasteiger partial charge in [0.1, 0.15) is 6.10 Å². The third-order valence-electron chi connectivity index (χ3n) is 4.03. The van der Waals surface area contributed by atoms with Gasteiger partial charge in [-0.3, -0.25) is 4.79 Å². The molecule has 1 aliphatic rings. The van der Waals surface area contributed by atoms with E-state index in [0.29, 0.717) is 13.0 Å². The van der Waals surface area contributed by atoms with Crippen LogP contribution in [-0.2, 0) is 4.79 Å². The molecule has 1 saturated heterocycles. The van der Waals surface area contributed by atoms with Crippen molar-refractivity contribution in [3.8, 4) is 0 Å². The normalized spacial score (nSPS) is 17.8.